The maximum Gasteiger partial charge on any atom is 0.340 e. The molecule has 2 aromatic carbocycles. The molecule has 1 saturated carbocycles. The Hall–Kier alpha value is -2.33. The zero-order chi connectivity index (χ0) is 18.3. The van der Waals surface area contributed by atoms with Gasteiger partial charge >= 0.3 is 5.97 Å². The van der Waals surface area contributed by atoms with Crippen LogP contribution in [0, 0.1) is 5.82 Å². The van der Waals surface area contributed by atoms with Gasteiger partial charge in [-0.1, -0.05) is 30.2 Å². The van der Waals surface area contributed by atoms with Crippen LogP contribution in [0.2, 0.25) is 5.02 Å². The van der Waals surface area contributed by atoms with Crippen molar-refractivity contribution in [3.63, 3.8) is 0 Å². The van der Waals surface area contributed by atoms with E-state index in [2.05, 4.69) is 0 Å². The molecule has 1 heterocycles. The Kier molecular flexibility index (Phi) is 4.45. The third-order valence-corrected chi connectivity index (χ3v) is 5.57. The Morgan fingerprint density at radius 2 is 2.08 bits per heavy atom. The lowest BCUT2D eigenvalue weighted by Crippen LogP contribution is -2.11. The summed E-state index contributed by atoms with van der Waals surface area (Å²) in [7, 11) is 1.35. The predicted octanol–water partition coefficient (Wildman–Crippen LogP) is 5.54. The summed E-state index contributed by atoms with van der Waals surface area (Å²) >= 11 is 6.27. The van der Waals surface area contributed by atoms with Crippen LogP contribution >= 0.6 is 11.6 Å². The monoisotopic (exact) mass is 371 g/mol. The zero-order valence-electron chi connectivity index (χ0n) is 14.5. The highest BCUT2D eigenvalue weighted by Crippen LogP contribution is 2.38. The molecule has 4 rings (SSSR count). The van der Waals surface area contributed by atoms with E-state index in [4.69, 9.17) is 16.3 Å². The van der Waals surface area contributed by atoms with Crippen molar-refractivity contribution in [2.75, 3.05) is 7.11 Å². The summed E-state index contributed by atoms with van der Waals surface area (Å²) in [4.78, 5) is 12.1. The molecule has 0 N–H and O–H groups in total. The van der Waals surface area contributed by atoms with Crippen LogP contribution in [0.3, 0.4) is 0 Å². The van der Waals surface area contributed by atoms with Gasteiger partial charge in [0.1, 0.15) is 5.82 Å². The van der Waals surface area contributed by atoms with Gasteiger partial charge in [-0.2, -0.15) is 0 Å². The van der Waals surface area contributed by atoms with Gasteiger partial charge in [0.05, 0.1) is 18.2 Å². The van der Waals surface area contributed by atoms with Gasteiger partial charge in [0, 0.05) is 23.2 Å². The van der Waals surface area contributed by atoms with Crippen LogP contribution in [0.5, 0.6) is 0 Å². The zero-order valence-corrected chi connectivity index (χ0v) is 15.2. The molecule has 0 aliphatic heterocycles. The number of halogens is 2. The molecule has 0 spiro atoms. The van der Waals surface area contributed by atoms with Gasteiger partial charge < -0.3 is 9.30 Å². The summed E-state index contributed by atoms with van der Waals surface area (Å²) < 4.78 is 21.3. The van der Waals surface area contributed by atoms with E-state index in [1.165, 1.54) is 13.5 Å². The lowest BCUT2D eigenvalue weighted by atomic mass is 9.79. The number of carbonyl (C=O) groups excluding carboxylic acids is 1. The van der Waals surface area contributed by atoms with Crippen LogP contribution in [0.15, 0.2) is 42.6 Å². The first-order valence-corrected chi connectivity index (χ1v) is 9.10. The Balaban J connectivity index is 1.72. The number of hydrogen-bond donors (Lipinski definition) is 0. The third-order valence-electron chi connectivity index (χ3n) is 5.24. The highest BCUT2D eigenvalue weighted by atomic mass is 35.5. The van der Waals surface area contributed by atoms with E-state index in [9.17, 15) is 9.18 Å². The fraction of sp³-hybridized carbons (Fsp3) is 0.286. The van der Waals surface area contributed by atoms with Crippen LogP contribution in [0.1, 0.15) is 46.7 Å². The maximum absolute atomic E-state index is 14.5. The molecule has 26 heavy (non-hydrogen) atoms. The van der Waals surface area contributed by atoms with Crippen molar-refractivity contribution in [1.82, 2.24) is 4.57 Å². The molecule has 3 aromatic rings. The van der Waals surface area contributed by atoms with E-state index in [1.54, 1.807) is 18.2 Å². The van der Waals surface area contributed by atoms with E-state index < -0.39 is 5.97 Å². The van der Waals surface area contributed by atoms with Gasteiger partial charge in [0.2, 0.25) is 0 Å². The smallest absolute Gasteiger partial charge is 0.340 e. The van der Waals surface area contributed by atoms with Crippen molar-refractivity contribution in [1.29, 1.82) is 0 Å². The lowest BCUT2D eigenvalue weighted by Gasteiger charge is -2.26. The van der Waals surface area contributed by atoms with Crippen LogP contribution < -0.4 is 0 Å². The summed E-state index contributed by atoms with van der Waals surface area (Å²) in [5.41, 5.74) is 2.81. The second-order valence-electron chi connectivity index (χ2n) is 6.78. The Morgan fingerprint density at radius 3 is 2.73 bits per heavy atom. The number of esters is 1. The number of benzene rings is 2. The highest BCUT2D eigenvalue weighted by molar-refractivity contribution is 6.36. The SMILES string of the molecule is COC(=O)c1ccc(Cl)c2ccn(Cc3ccc(C4CCC4)c(F)c3)c12. The fourth-order valence-electron chi connectivity index (χ4n) is 3.61. The van der Waals surface area contributed by atoms with Crippen molar-refractivity contribution >= 4 is 28.5 Å². The summed E-state index contributed by atoms with van der Waals surface area (Å²) in [6, 6.07) is 10.7. The van der Waals surface area contributed by atoms with Gasteiger partial charge in [-0.05, 0) is 54.2 Å². The molecule has 5 heteroatoms. The fourth-order valence-corrected chi connectivity index (χ4v) is 3.83. The number of carbonyl (C=O) groups is 1. The standard InChI is InChI=1S/C21H19ClFNO2/c1-26-21(25)17-7-8-18(22)16-9-10-24(20(16)17)12-13-5-6-15(19(23)11-13)14-3-2-4-14/h5-11,14H,2-4,12H2,1H3. The van der Waals surface area contributed by atoms with Crippen molar-refractivity contribution in [2.45, 2.75) is 31.7 Å². The quantitative estimate of drug-likeness (QED) is 0.564. The molecule has 0 radical (unpaired) electrons. The number of hydrogen-bond acceptors (Lipinski definition) is 2. The normalized spacial score (nSPS) is 14.4. The molecule has 3 nitrogen and oxygen atoms in total. The number of aromatic nitrogens is 1. The van der Waals surface area contributed by atoms with Crippen molar-refractivity contribution in [2.24, 2.45) is 0 Å². The first-order chi connectivity index (χ1) is 12.6. The minimum absolute atomic E-state index is 0.144. The van der Waals surface area contributed by atoms with Gasteiger partial charge in [0.15, 0.2) is 0 Å². The number of nitrogens with zero attached hydrogens (tertiary/aromatic N) is 1. The predicted molar refractivity (Wildman–Crippen MR) is 100 cm³/mol. The Morgan fingerprint density at radius 1 is 1.27 bits per heavy atom. The van der Waals surface area contributed by atoms with Gasteiger partial charge in [-0.3, -0.25) is 0 Å². The van der Waals surface area contributed by atoms with E-state index in [1.807, 2.05) is 29.0 Å². The average Bonchev–Trinajstić information content (AvgIpc) is 3.00. The lowest BCUT2D eigenvalue weighted by molar-refractivity contribution is 0.0602. The number of rotatable bonds is 4. The molecule has 0 saturated heterocycles. The summed E-state index contributed by atoms with van der Waals surface area (Å²) in [5, 5.41) is 1.35. The van der Waals surface area contributed by atoms with E-state index in [-0.39, 0.29) is 5.82 Å². The van der Waals surface area contributed by atoms with Gasteiger partial charge in [-0.25, -0.2) is 9.18 Å². The maximum atomic E-state index is 14.5. The molecule has 0 atom stereocenters. The second-order valence-corrected chi connectivity index (χ2v) is 7.18. The molecular weight excluding hydrogens is 353 g/mol. The largest absolute Gasteiger partial charge is 0.465 e. The third kappa shape index (κ3) is 2.88. The van der Waals surface area contributed by atoms with Gasteiger partial charge in [-0.15, -0.1) is 0 Å². The van der Waals surface area contributed by atoms with Crippen LogP contribution in [-0.2, 0) is 11.3 Å². The van der Waals surface area contributed by atoms with Crippen molar-refractivity contribution in [3.05, 3.63) is 70.1 Å². The molecule has 1 aliphatic carbocycles. The average molecular weight is 372 g/mol. The van der Waals surface area contributed by atoms with E-state index in [0.29, 0.717) is 28.6 Å². The molecule has 1 aliphatic rings. The molecular formula is C21H19ClFNO2. The molecule has 0 unspecified atom stereocenters. The van der Waals surface area contributed by atoms with Gasteiger partial charge in [0.25, 0.3) is 0 Å². The topological polar surface area (TPSA) is 31.2 Å². The van der Waals surface area contributed by atoms with Crippen molar-refractivity contribution < 1.29 is 13.9 Å². The highest BCUT2D eigenvalue weighted by Gasteiger charge is 2.22. The summed E-state index contributed by atoms with van der Waals surface area (Å²) in [6.45, 7) is 0.454. The number of fused-ring (bicyclic) bond motifs is 1. The minimum Gasteiger partial charge on any atom is -0.465 e. The van der Waals surface area contributed by atoms with Crippen LogP contribution in [0.25, 0.3) is 10.9 Å². The molecule has 0 amide bonds. The molecule has 0 bridgehead atoms. The van der Waals surface area contributed by atoms with E-state index in [0.717, 1.165) is 29.4 Å². The number of methoxy groups -OCH3 is 1. The van der Waals surface area contributed by atoms with Crippen molar-refractivity contribution in [3.8, 4) is 0 Å². The second kappa shape index (κ2) is 6.76. The number of ether oxygens (including phenoxy) is 1. The Bertz CT molecular complexity index is 991. The minimum atomic E-state index is -0.418. The first kappa shape index (κ1) is 17.1. The van der Waals surface area contributed by atoms with Crippen LogP contribution in [-0.4, -0.2) is 17.6 Å². The van der Waals surface area contributed by atoms with Crippen LogP contribution in [0.4, 0.5) is 4.39 Å². The Labute approximate surface area is 156 Å². The molecule has 1 fully saturated rings. The summed E-state index contributed by atoms with van der Waals surface area (Å²) in [6.07, 6.45) is 5.18. The molecule has 1 aromatic heterocycles. The summed E-state index contributed by atoms with van der Waals surface area (Å²) in [5.74, 6) is -0.200. The van der Waals surface area contributed by atoms with E-state index >= 15 is 0 Å². The first-order valence-electron chi connectivity index (χ1n) is 8.72. The molecule has 134 valence electrons.